The van der Waals surface area contributed by atoms with Gasteiger partial charge in [0.2, 0.25) is 0 Å². The van der Waals surface area contributed by atoms with Crippen molar-refractivity contribution in [2.45, 2.75) is 26.8 Å². The van der Waals surface area contributed by atoms with Crippen molar-refractivity contribution in [2.75, 3.05) is 0 Å². The largest absolute Gasteiger partial charge is 0.244 e. The van der Waals surface area contributed by atoms with Crippen LogP contribution in [-0.4, -0.2) is 14.8 Å². The van der Waals surface area contributed by atoms with Crippen LogP contribution in [0.1, 0.15) is 25.6 Å². The smallest absolute Gasteiger partial charge is 0.160 e. The van der Waals surface area contributed by atoms with Crippen molar-refractivity contribution in [3.63, 3.8) is 0 Å². The second-order valence-electron chi connectivity index (χ2n) is 3.63. The van der Waals surface area contributed by atoms with Crippen LogP contribution in [0.3, 0.4) is 0 Å². The van der Waals surface area contributed by atoms with Crippen molar-refractivity contribution in [1.82, 2.24) is 14.8 Å². The normalized spacial score (nSPS) is 11.5. The molecule has 14 heavy (non-hydrogen) atoms. The lowest BCUT2D eigenvalue weighted by atomic mass is 10.3. The molecule has 2 rings (SSSR count). The number of aryl methyl sites for hydroxylation is 1. The third-order valence-corrected chi connectivity index (χ3v) is 2.41. The van der Waals surface area contributed by atoms with Crippen LogP contribution in [0.2, 0.25) is 5.15 Å². The van der Waals surface area contributed by atoms with Crippen LogP contribution in [0, 0.1) is 6.92 Å². The van der Waals surface area contributed by atoms with Crippen molar-refractivity contribution in [3.05, 3.63) is 23.0 Å². The van der Waals surface area contributed by atoms with E-state index < -0.39 is 0 Å². The predicted molar refractivity (Wildman–Crippen MR) is 57.7 cm³/mol. The van der Waals surface area contributed by atoms with Gasteiger partial charge in [0.25, 0.3) is 0 Å². The lowest BCUT2D eigenvalue weighted by Gasteiger charge is -2.05. The second kappa shape index (κ2) is 3.24. The molecule has 2 aromatic rings. The molecule has 0 aromatic carbocycles. The molecule has 0 N–H and O–H groups in total. The van der Waals surface area contributed by atoms with Crippen LogP contribution in [0.15, 0.2) is 12.1 Å². The van der Waals surface area contributed by atoms with E-state index in [1.54, 1.807) is 6.07 Å². The van der Waals surface area contributed by atoms with E-state index in [-0.39, 0.29) is 0 Å². The number of hydrogen-bond donors (Lipinski definition) is 0. The van der Waals surface area contributed by atoms with Crippen LogP contribution in [0.4, 0.5) is 0 Å². The predicted octanol–water partition coefficient (Wildman–Crippen LogP) is 2.97. The zero-order chi connectivity index (χ0) is 10.3. The molecule has 0 bridgehead atoms. The van der Waals surface area contributed by atoms with Crippen LogP contribution in [0.25, 0.3) is 11.0 Å². The maximum atomic E-state index is 5.85. The average Bonchev–Trinajstić information content (AvgIpc) is 2.43. The van der Waals surface area contributed by atoms with Gasteiger partial charge in [0, 0.05) is 11.4 Å². The first kappa shape index (κ1) is 9.46. The Morgan fingerprint density at radius 1 is 1.36 bits per heavy atom. The highest BCUT2D eigenvalue weighted by Crippen LogP contribution is 2.21. The molecule has 0 saturated carbocycles. The van der Waals surface area contributed by atoms with Gasteiger partial charge in [-0.1, -0.05) is 11.6 Å². The summed E-state index contributed by atoms with van der Waals surface area (Å²) >= 11 is 5.85. The second-order valence-corrected chi connectivity index (χ2v) is 4.02. The lowest BCUT2D eigenvalue weighted by Crippen LogP contribution is -2.03. The molecular formula is C10H12ClN3. The minimum atomic E-state index is 0.303. The van der Waals surface area contributed by atoms with Crippen molar-refractivity contribution in [3.8, 4) is 0 Å². The van der Waals surface area contributed by atoms with Gasteiger partial charge in [-0.25, -0.2) is 9.67 Å². The van der Waals surface area contributed by atoms with Gasteiger partial charge in [0.1, 0.15) is 5.15 Å². The molecule has 74 valence electrons. The number of halogens is 1. The molecule has 0 amide bonds. The summed E-state index contributed by atoms with van der Waals surface area (Å²) in [6.45, 7) is 6.14. The Labute approximate surface area is 87.7 Å². The minimum Gasteiger partial charge on any atom is -0.244 e. The van der Waals surface area contributed by atoms with Gasteiger partial charge in [0.15, 0.2) is 5.65 Å². The van der Waals surface area contributed by atoms with Gasteiger partial charge in [-0.05, 0) is 32.9 Å². The molecule has 4 heteroatoms. The number of rotatable bonds is 1. The molecule has 0 spiro atoms. The Hall–Kier alpha value is -1.09. The molecule has 0 fully saturated rings. The van der Waals surface area contributed by atoms with Crippen LogP contribution in [-0.2, 0) is 0 Å². The van der Waals surface area contributed by atoms with E-state index in [1.165, 1.54) is 0 Å². The van der Waals surface area contributed by atoms with Gasteiger partial charge in [0.05, 0.1) is 5.69 Å². The van der Waals surface area contributed by atoms with Gasteiger partial charge < -0.3 is 0 Å². The summed E-state index contributed by atoms with van der Waals surface area (Å²) in [6.07, 6.45) is 0. The summed E-state index contributed by atoms with van der Waals surface area (Å²) in [6, 6.07) is 4.06. The number of aromatic nitrogens is 3. The third-order valence-electron chi connectivity index (χ3n) is 2.19. The number of pyridine rings is 1. The molecule has 2 heterocycles. The van der Waals surface area contributed by atoms with Crippen LogP contribution < -0.4 is 0 Å². The van der Waals surface area contributed by atoms with E-state index in [0.29, 0.717) is 11.2 Å². The van der Waals surface area contributed by atoms with E-state index in [0.717, 1.165) is 16.7 Å². The van der Waals surface area contributed by atoms with E-state index in [9.17, 15) is 0 Å². The zero-order valence-electron chi connectivity index (χ0n) is 8.45. The first-order chi connectivity index (χ1) is 6.59. The standard InChI is InChI=1S/C10H12ClN3/c1-6(2)14-10-8(7(3)13-14)4-5-9(11)12-10/h4-6H,1-3H3. The van der Waals surface area contributed by atoms with E-state index in [2.05, 4.69) is 23.9 Å². The van der Waals surface area contributed by atoms with Gasteiger partial charge in [-0.3, -0.25) is 0 Å². The highest BCUT2D eigenvalue weighted by molar-refractivity contribution is 6.29. The fourth-order valence-electron chi connectivity index (χ4n) is 1.51. The first-order valence-electron chi connectivity index (χ1n) is 4.61. The van der Waals surface area contributed by atoms with Crippen molar-refractivity contribution in [2.24, 2.45) is 0 Å². The summed E-state index contributed by atoms with van der Waals surface area (Å²) in [7, 11) is 0. The highest BCUT2D eigenvalue weighted by atomic mass is 35.5. The van der Waals surface area contributed by atoms with Crippen molar-refractivity contribution in [1.29, 1.82) is 0 Å². The number of nitrogens with zero attached hydrogens (tertiary/aromatic N) is 3. The topological polar surface area (TPSA) is 30.7 Å². The minimum absolute atomic E-state index is 0.303. The fraction of sp³-hybridized carbons (Fsp3) is 0.400. The summed E-state index contributed by atoms with van der Waals surface area (Å²) in [5.74, 6) is 0. The van der Waals surface area contributed by atoms with E-state index >= 15 is 0 Å². The number of fused-ring (bicyclic) bond motifs is 1. The SMILES string of the molecule is Cc1nn(C(C)C)c2nc(Cl)ccc12. The molecule has 3 nitrogen and oxygen atoms in total. The molecule has 0 saturated heterocycles. The molecule has 2 aromatic heterocycles. The van der Waals surface area contributed by atoms with Gasteiger partial charge >= 0.3 is 0 Å². The number of hydrogen-bond acceptors (Lipinski definition) is 2. The Balaban J connectivity index is 2.79. The monoisotopic (exact) mass is 209 g/mol. The molecular weight excluding hydrogens is 198 g/mol. The maximum Gasteiger partial charge on any atom is 0.160 e. The molecule has 0 aliphatic heterocycles. The summed E-state index contributed by atoms with van der Waals surface area (Å²) in [5, 5.41) is 6.01. The van der Waals surface area contributed by atoms with Gasteiger partial charge in [-0.2, -0.15) is 5.10 Å². The Morgan fingerprint density at radius 2 is 2.07 bits per heavy atom. The van der Waals surface area contributed by atoms with Gasteiger partial charge in [-0.15, -0.1) is 0 Å². The molecule has 0 aliphatic carbocycles. The van der Waals surface area contributed by atoms with Crippen molar-refractivity contribution < 1.29 is 0 Å². The Morgan fingerprint density at radius 3 is 2.71 bits per heavy atom. The maximum absolute atomic E-state index is 5.85. The summed E-state index contributed by atoms with van der Waals surface area (Å²) < 4.78 is 1.90. The van der Waals surface area contributed by atoms with E-state index in [1.807, 2.05) is 17.7 Å². The molecule has 0 atom stereocenters. The third kappa shape index (κ3) is 1.38. The summed E-state index contributed by atoms with van der Waals surface area (Å²) in [5.41, 5.74) is 1.86. The molecule has 0 aliphatic rings. The molecule has 0 unspecified atom stereocenters. The first-order valence-corrected chi connectivity index (χ1v) is 4.98. The lowest BCUT2D eigenvalue weighted by molar-refractivity contribution is 0.543. The highest BCUT2D eigenvalue weighted by Gasteiger charge is 2.10. The van der Waals surface area contributed by atoms with Crippen LogP contribution in [0.5, 0.6) is 0 Å². The zero-order valence-corrected chi connectivity index (χ0v) is 9.21. The van der Waals surface area contributed by atoms with E-state index in [4.69, 9.17) is 11.6 Å². The Bertz CT molecular complexity index is 473. The van der Waals surface area contributed by atoms with Crippen molar-refractivity contribution >= 4 is 22.6 Å². The fourth-order valence-corrected chi connectivity index (χ4v) is 1.65. The quantitative estimate of drug-likeness (QED) is 0.676. The average molecular weight is 210 g/mol. The molecule has 0 radical (unpaired) electrons. The Kier molecular flexibility index (Phi) is 2.19. The van der Waals surface area contributed by atoms with Crippen LogP contribution >= 0.6 is 11.6 Å². The summed E-state index contributed by atoms with van der Waals surface area (Å²) in [4.78, 5) is 4.28.